The van der Waals surface area contributed by atoms with Crippen molar-refractivity contribution in [1.82, 2.24) is 10.2 Å². The first kappa shape index (κ1) is 16.2. The fourth-order valence-electron chi connectivity index (χ4n) is 4.56. The van der Waals surface area contributed by atoms with Gasteiger partial charge in [-0.05, 0) is 62.9 Å². The maximum atomic E-state index is 5.54. The van der Waals surface area contributed by atoms with E-state index in [2.05, 4.69) is 15.5 Å². The topological polar surface area (TPSA) is 36.5 Å². The normalized spacial score (nSPS) is 29.8. The third kappa shape index (κ3) is 3.52. The molecular weight excluding hydrogens is 318 g/mol. The molecule has 5 heteroatoms. The van der Waals surface area contributed by atoms with Crippen molar-refractivity contribution >= 4 is 23.0 Å². The molecule has 0 radical (unpaired) electrons. The molecule has 1 aromatic carbocycles. The lowest BCUT2D eigenvalue weighted by molar-refractivity contribution is 0.0209. The Kier molecular flexibility index (Phi) is 4.63. The van der Waals surface area contributed by atoms with Crippen molar-refractivity contribution in [3.63, 3.8) is 0 Å². The Balaban J connectivity index is 1.34. The van der Waals surface area contributed by atoms with Crippen LogP contribution in [-0.4, -0.2) is 41.3 Å². The molecule has 3 fully saturated rings. The number of nitrogens with one attached hydrogen (secondary N) is 2. The second kappa shape index (κ2) is 6.89. The maximum absolute atomic E-state index is 5.54. The molecule has 24 heavy (non-hydrogen) atoms. The van der Waals surface area contributed by atoms with Gasteiger partial charge in [-0.3, -0.25) is 4.90 Å². The Morgan fingerprint density at radius 2 is 1.88 bits per heavy atom. The zero-order valence-corrected chi connectivity index (χ0v) is 15.1. The van der Waals surface area contributed by atoms with Crippen molar-refractivity contribution in [3.05, 3.63) is 24.3 Å². The number of hydrogen-bond acceptors (Lipinski definition) is 3. The third-order valence-corrected chi connectivity index (χ3v) is 5.88. The third-order valence-electron chi connectivity index (χ3n) is 5.66. The Hall–Kier alpha value is -1.33. The summed E-state index contributed by atoms with van der Waals surface area (Å²) in [6.07, 6.45) is 9.42. The molecule has 2 heterocycles. The molecule has 1 aliphatic carbocycles. The van der Waals surface area contributed by atoms with Crippen LogP contribution in [0.1, 0.15) is 44.9 Å². The van der Waals surface area contributed by atoms with Crippen LogP contribution in [0.25, 0.3) is 0 Å². The largest absolute Gasteiger partial charge is 0.497 e. The second-order valence-corrected chi connectivity index (χ2v) is 7.82. The van der Waals surface area contributed by atoms with Crippen molar-refractivity contribution in [1.29, 1.82) is 0 Å². The van der Waals surface area contributed by atoms with Gasteiger partial charge in [-0.15, -0.1) is 0 Å². The quantitative estimate of drug-likeness (QED) is 0.817. The van der Waals surface area contributed by atoms with Gasteiger partial charge >= 0.3 is 0 Å². The van der Waals surface area contributed by atoms with E-state index in [1.54, 1.807) is 7.11 Å². The monoisotopic (exact) mass is 345 g/mol. The second-order valence-electron chi connectivity index (χ2n) is 7.42. The Morgan fingerprint density at radius 3 is 2.54 bits per heavy atom. The summed E-state index contributed by atoms with van der Waals surface area (Å²) in [6.45, 7) is 0. The highest BCUT2D eigenvalue weighted by Gasteiger charge is 2.44. The van der Waals surface area contributed by atoms with Crippen molar-refractivity contribution in [2.75, 3.05) is 12.4 Å². The molecule has 2 atom stereocenters. The van der Waals surface area contributed by atoms with Gasteiger partial charge in [0.25, 0.3) is 0 Å². The lowest BCUT2D eigenvalue weighted by Gasteiger charge is -2.49. The zero-order chi connectivity index (χ0) is 16.5. The van der Waals surface area contributed by atoms with Gasteiger partial charge in [0, 0.05) is 35.9 Å². The molecule has 0 unspecified atom stereocenters. The van der Waals surface area contributed by atoms with Gasteiger partial charge in [0.15, 0.2) is 5.11 Å². The van der Waals surface area contributed by atoms with E-state index in [1.807, 2.05) is 24.3 Å². The van der Waals surface area contributed by atoms with E-state index >= 15 is 0 Å². The van der Waals surface area contributed by atoms with Crippen LogP contribution in [0.15, 0.2) is 24.3 Å². The molecule has 4 rings (SSSR count). The smallest absolute Gasteiger partial charge is 0.170 e. The molecule has 1 saturated carbocycles. The summed E-state index contributed by atoms with van der Waals surface area (Å²) in [5, 5.41) is 7.60. The summed E-state index contributed by atoms with van der Waals surface area (Å²) in [5.41, 5.74) is 0.975. The molecule has 2 saturated heterocycles. The maximum Gasteiger partial charge on any atom is 0.170 e. The van der Waals surface area contributed by atoms with Crippen LogP contribution in [0.2, 0.25) is 0 Å². The summed E-state index contributed by atoms with van der Waals surface area (Å²) in [7, 11) is 1.68. The van der Waals surface area contributed by atoms with Crippen LogP contribution >= 0.6 is 12.2 Å². The molecule has 0 aromatic heterocycles. The number of fused-ring (bicyclic) bond motifs is 2. The zero-order valence-electron chi connectivity index (χ0n) is 14.3. The average molecular weight is 346 g/mol. The standard InChI is InChI=1S/C19H27N3OS/c1-23-18-7-2-4-13(12-18)20-19(24)21-14-10-16-5-3-6-17(11-14)22(16)15-8-9-15/h2,4,7,12,14-17H,3,5-6,8-11H2,1H3,(H2,20,21,24)/t16-,17-/m0/s1. The lowest BCUT2D eigenvalue weighted by Crippen LogP contribution is -2.57. The Bertz CT molecular complexity index is 590. The molecular formula is C19H27N3OS. The number of ether oxygens (including phenoxy) is 1. The molecule has 2 N–H and O–H groups in total. The minimum absolute atomic E-state index is 0.501. The van der Waals surface area contributed by atoms with E-state index < -0.39 is 0 Å². The van der Waals surface area contributed by atoms with Crippen LogP contribution in [-0.2, 0) is 0 Å². The molecule has 130 valence electrons. The first-order chi connectivity index (χ1) is 11.7. The number of thiocarbonyl (C=S) groups is 1. The van der Waals surface area contributed by atoms with E-state index in [0.717, 1.165) is 34.7 Å². The van der Waals surface area contributed by atoms with Crippen LogP contribution in [0, 0.1) is 0 Å². The first-order valence-corrected chi connectivity index (χ1v) is 9.63. The average Bonchev–Trinajstić information content (AvgIpc) is 3.39. The fourth-order valence-corrected chi connectivity index (χ4v) is 4.84. The molecule has 3 aliphatic rings. The highest BCUT2D eigenvalue weighted by molar-refractivity contribution is 7.80. The summed E-state index contributed by atoms with van der Waals surface area (Å²) in [6, 6.07) is 10.8. The summed E-state index contributed by atoms with van der Waals surface area (Å²) >= 11 is 5.54. The van der Waals surface area contributed by atoms with Gasteiger partial charge in [-0.2, -0.15) is 0 Å². The molecule has 2 bridgehead atoms. The van der Waals surface area contributed by atoms with Gasteiger partial charge in [-0.1, -0.05) is 12.5 Å². The molecule has 0 amide bonds. The van der Waals surface area contributed by atoms with Gasteiger partial charge in [0.2, 0.25) is 0 Å². The minimum atomic E-state index is 0.501. The van der Waals surface area contributed by atoms with Gasteiger partial charge in [0.05, 0.1) is 7.11 Å². The lowest BCUT2D eigenvalue weighted by atomic mass is 9.81. The number of hydrogen-bond donors (Lipinski definition) is 2. The summed E-state index contributed by atoms with van der Waals surface area (Å²) in [5.74, 6) is 0.843. The molecule has 2 aliphatic heterocycles. The van der Waals surface area contributed by atoms with Gasteiger partial charge in [0.1, 0.15) is 5.75 Å². The minimum Gasteiger partial charge on any atom is -0.497 e. The fraction of sp³-hybridized carbons (Fsp3) is 0.632. The number of methoxy groups -OCH3 is 1. The van der Waals surface area contributed by atoms with Crippen molar-refractivity contribution < 1.29 is 4.74 Å². The summed E-state index contributed by atoms with van der Waals surface area (Å²) in [4.78, 5) is 2.85. The highest BCUT2D eigenvalue weighted by atomic mass is 32.1. The predicted molar refractivity (Wildman–Crippen MR) is 102 cm³/mol. The van der Waals surface area contributed by atoms with Crippen molar-refractivity contribution in [2.45, 2.75) is 69.1 Å². The van der Waals surface area contributed by atoms with E-state index in [-0.39, 0.29) is 0 Å². The van der Waals surface area contributed by atoms with Crippen LogP contribution in [0.3, 0.4) is 0 Å². The van der Waals surface area contributed by atoms with E-state index in [9.17, 15) is 0 Å². The summed E-state index contributed by atoms with van der Waals surface area (Å²) < 4.78 is 5.27. The van der Waals surface area contributed by atoms with E-state index in [4.69, 9.17) is 17.0 Å². The Morgan fingerprint density at radius 1 is 1.12 bits per heavy atom. The van der Waals surface area contributed by atoms with Crippen LogP contribution in [0.4, 0.5) is 5.69 Å². The highest BCUT2D eigenvalue weighted by Crippen LogP contribution is 2.41. The van der Waals surface area contributed by atoms with Crippen molar-refractivity contribution in [2.24, 2.45) is 0 Å². The Labute approximate surface area is 149 Å². The van der Waals surface area contributed by atoms with Gasteiger partial charge < -0.3 is 15.4 Å². The molecule has 4 nitrogen and oxygen atoms in total. The van der Waals surface area contributed by atoms with E-state index in [1.165, 1.54) is 44.9 Å². The molecule has 1 aromatic rings. The van der Waals surface area contributed by atoms with Gasteiger partial charge in [-0.25, -0.2) is 0 Å². The number of nitrogens with zero attached hydrogens (tertiary/aromatic N) is 1. The predicted octanol–water partition coefficient (Wildman–Crippen LogP) is 3.53. The number of anilines is 1. The van der Waals surface area contributed by atoms with Crippen molar-refractivity contribution in [3.8, 4) is 5.75 Å². The number of piperidine rings is 2. The first-order valence-electron chi connectivity index (χ1n) is 9.22. The van der Waals surface area contributed by atoms with Crippen LogP contribution < -0.4 is 15.4 Å². The SMILES string of the molecule is COc1cccc(NC(=S)NC2C[C@@H]3CCC[C@@H](C2)N3C2CC2)c1. The molecule has 0 spiro atoms. The number of rotatable bonds is 4. The number of benzene rings is 1. The van der Waals surface area contributed by atoms with Crippen LogP contribution in [0.5, 0.6) is 5.75 Å². The van der Waals surface area contributed by atoms with E-state index in [0.29, 0.717) is 6.04 Å².